The monoisotopic (exact) mass is 373 g/mol. The molecule has 0 atom stereocenters. The lowest BCUT2D eigenvalue weighted by Gasteiger charge is -2.21. The molecule has 0 radical (unpaired) electrons. The second kappa shape index (κ2) is 10.3. The van der Waals surface area contributed by atoms with Gasteiger partial charge in [0.25, 0.3) is 0 Å². The maximum Gasteiger partial charge on any atom is 0.315 e. The van der Waals surface area contributed by atoms with Gasteiger partial charge >= 0.3 is 6.03 Å². The van der Waals surface area contributed by atoms with Crippen molar-refractivity contribution in [3.05, 3.63) is 29.8 Å². The van der Waals surface area contributed by atoms with E-state index in [2.05, 4.69) is 10.6 Å². The summed E-state index contributed by atoms with van der Waals surface area (Å²) < 4.78 is 5.86. The van der Waals surface area contributed by atoms with Crippen LogP contribution in [0.5, 0.6) is 0 Å². The van der Waals surface area contributed by atoms with Gasteiger partial charge in [0.2, 0.25) is 5.91 Å². The molecule has 6 heteroatoms. The van der Waals surface area contributed by atoms with E-state index in [1.54, 1.807) is 0 Å². The van der Waals surface area contributed by atoms with Crippen LogP contribution in [0.4, 0.5) is 10.5 Å². The Balaban J connectivity index is 1.28. The molecule has 1 aromatic rings. The fourth-order valence-electron chi connectivity index (χ4n) is 3.72. The quantitative estimate of drug-likeness (QED) is 0.687. The highest BCUT2D eigenvalue weighted by molar-refractivity contribution is 5.95. The van der Waals surface area contributed by atoms with Gasteiger partial charge in [0.05, 0.1) is 6.10 Å². The summed E-state index contributed by atoms with van der Waals surface area (Å²) in [6.07, 6.45) is 9.07. The van der Waals surface area contributed by atoms with E-state index >= 15 is 0 Å². The second-order valence-electron chi connectivity index (χ2n) is 7.41. The van der Waals surface area contributed by atoms with Crippen molar-refractivity contribution in [1.82, 2.24) is 10.6 Å². The van der Waals surface area contributed by atoms with Gasteiger partial charge in [-0.05, 0) is 43.4 Å². The first-order chi connectivity index (χ1) is 13.2. The first-order valence-electron chi connectivity index (χ1n) is 10.2. The minimum absolute atomic E-state index is 0.161. The molecule has 1 aromatic carbocycles. The van der Waals surface area contributed by atoms with Crippen LogP contribution in [0.2, 0.25) is 0 Å². The van der Waals surface area contributed by atoms with Crippen molar-refractivity contribution in [3.8, 4) is 0 Å². The van der Waals surface area contributed by atoms with E-state index in [0.29, 0.717) is 32.2 Å². The highest BCUT2D eigenvalue weighted by Crippen LogP contribution is 2.21. The van der Waals surface area contributed by atoms with Gasteiger partial charge in [0, 0.05) is 38.3 Å². The number of carbonyl (C=O) groups is 2. The van der Waals surface area contributed by atoms with Crippen LogP contribution in [0, 0.1) is 0 Å². The SMILES string of the molecule is O=C(NCCCOC1CCCCC1)NCc1ccc(N2CCCC2=O)cc1. The lowest BCUT2D eigenvalue weighted by molar-refractivity contribution is -0.117. The number of anilines is 1. The standard InChI is InChI=1S/C21H31N3O3/c25-20-8-4-14-24(20)18-11-9-17(10-12-18)16-23-21(26)22-13-5-15-27-19-6-2-1-3-7-19/h9-12,19H,1-8,13-16H2,(H2,22,23,26). The third kappa shape index (κ3) is 6.24. The first-order valence-corrected chi connectivity index (χ1v) is 10.2. The van der Waals surface area contributed by atoms with Gasteiger partial charge in [0.15, 0.2) is 0 Å². The molecule has 1 saturated heterocycles. The molecule has 2 N–H and O–H groups in total. The summed E-state index contributed by atoms with van der Waals surface area (Å²) in [5.41, 5.74) is 1.95. The van der Waals surface area contributed by atoms with Crippen molar-refractivity contribution < 1.29 is 14.3 Å². The second-order valence-corrected chi connectivity index (χ2v) is 7.41. The number of nitrogens with one attached hydrogen (secondary N) is 2. The molecule has 0 bridgehead atoms. The highest BCUT2D eigenvalue weighted by Gasteiger charge is 2.21. The van der Waals surface area contributed by atoms with Gasteiger partial charge < -0.3 is 20.3 Å². The number of carbonyl (C=O) groups excluding carboxylic acids is 2. The maximum absolute atomic E-state index is 11.9. The fourth-order valence-corrected chi connectivity index (χ4v) is 3.72. The molecule has 3 amide bonds. The molecule has 2 aliphatic rings. The van der Waals surface area contributed by atoms with Crippen LogP contribution in [-0.2, 0) is 16.1 Å². The Labute approximate surface area is 161 Å². The molecule has 148 valence electrons. The van der Waals surface area contributed by atoms with Gasteiger partial charge in [-0.1, -0.05) is 31.4 Å². The molecule has 6 nitrogen and oxygen atoms in total. The summed E-state index contributed by atoms with van der Waals surface area (Å²) in [7, 11) is 0. The van der Waals surface area contributed by atoms with E-state index in [1.165, 1.54) is 32.1 Å². The third-order valence-corrected chi connectivity index (χ3v) is 5.29. The molecule has 0 unspecified atom stereocenters. The largest absolute Gasteiger partial charge is 0.378 e. The Morgan fingerprint density at radius 1 is 1.07 bits per heavy atom. The molecule has 2 fully saturated rings. The average Bonchev–Trinajstić information content (AvgIpc) is 3.13. The summed E-state index contributed by atoms with van der Waals surface area (Å²) in [5.74, 6) is 0.188. The smallest absolute Gasteiger partial charge is 0.315 e. The van der Waals surface area contributed by atoms with Crippen molar-refractivity contribution in [2.24, 2.45) is 0 Å². The number of hydrogen-bond acceptors (Lipinski definition) is 3. The average molecular weight is 373 g/mol. The van der Waals surface area contributed by atoms with E-state index in [-0.39, 0.29) is 11.9 Å². The van der Waals surface area contributed by atoms with Crippen molar-refractivity contribution in [2.75, 3.05) is 24.6 Å². The van der Waals surface area contributed by atoms with Crippen molar-refractivity contribution in [2.45, 2.75) is 64.0 Å². The summed E-state index contributed by atoms with van der Waals surface area (Å²) in [6.45, 7) is 2.60. The zero-order valence-electron chi connectivity index (χ0n) is 16.0. The highest BCUT2D eigenvalue weighted by atomic mass is 16.5. The number of hydrogen-bond donors (Lipinski definition) is 2. The first kappa shape index (κ1) is 19.7. The van der Waals surface area contributed by atoms with Crippen LogP contribution >= 0.6 is 0 Å². The van der Waals surface area contributed by atoms with Crippen LogP contribution in [0.1, 0.15) is 56.9 Å². The Bertz CT molecular complexity index is 612. The van der Waals surface area contributed by atoms with Gasteiger partial charge in [-0.3, -0.25) is 4.79 Å². The Morgan fingerprint density at radius 3 is 2.56 bits per heavy atom. The van der Waals surface area contributed by atoms with E-state index in [9.17, 15) is 9.59 Å². The summed E-state index contributed by atoms with van der Waals surface area (Å²) in [4.78, 5) is 25.5. The van der Waals surface area contributed by atoms with Crippen molar-refractivity contribution >= 4 is 17.6 Å². The number of ether oxygens (including phenoxy) is 1. The third-order valence-electron chi connectivity index (χ3n) is 5.29. The molecule has 27 heavy (non-hydrogen) atoms. The number of nitrogens with zero attached hydrogens (tertiary/aromatic N) is 1. The zero-order chi connectivity index (χ0) is 18.9. The van der Waals surface area contributed by atoms with Crippen LogP contribution in [-0.4, -0.2) is 37.7 Å². The van der Waals surface area contributed by atoms with Gasteiger partial charge in [-0.15, -0.1) is 0 Å². The molecule has 1 aliphatic carbocycles. The maximum atomic E-state index is 11.9. The van der Waals surface area contributed by atoms with E-state index in [0.717, 1.165) is 30.6 Å². The summed E-state index contributed by atoms with van der Waals surface area (Å²) in [5, 5.41) is 5.74. The zero-order valence-corrected chi connectivity index (χ0v) is 16.0. The van der Waals surface area contributed by atoms with Gasteiger partial charge in [-0.2, -0.15) is 0 Å². The number of rotatable bonds is 8. The van der Waals surface area contributed by atoms with Crippen molar-refractivity contribution in [1.29, 1.82) is 0 Å². The minimum Gasteiger partial charge on any atom is -0.378 e. The molecule has 0 spiro atoms. The van der Waals surface area contributed by atoms with E-state index in [4.69, 9.17) is 4.74 Å². The molecule has 0 aromatic heterocycles. The van der Waals surface area contributed by atoms with Gasteiger partial charge in [0.1, 0.15) is 0 Å². The minimum atomic E-state index is -0.161. The lowest BCUT2D eigenvalue weighted by Crippen LogP contribution is -2.36. The summed E-state index contributed by atoms with van der Waals surface area (Å²) >= 11 is 0. The summed E-state index contributed by atoms with van der Waals surface area (Å²) in [6, 6.07) is 7.64. The molecule has 1 saturated carbocycles. The Morgan fingerprint density at radius 2 is 1.85 bits per heavy atom. The predicted molar refractivity (Wildman–Crippen MR) is 106 cm³/mol. The molecule has 1 heterocycles. The van der Waals surface area contributed by atoms with E-state index in [1.807, 2.05) is 29.2 Å². The Kier molecular flexibility index (Phi) is 7.51. The topological polar surface area (TPSA) is 70.7 Å². The number of amides is 3. The Hall–Kier alpha value is -2.08. The van der Waals surface area contributed by atoms with Crippen LogP contribution in [0.25, 0.3) is 0 Å². The van der Waals surface area contributed by atoms with Crippen LogP contribution < -0.4 is 15.5 Å². The lowest BCUT2D eigenvalue weighted by atomic mass is 9.98. The number of benzene rings is 1. The van der Waals surface area contributed by atoms with Crippen molar-refractivity contribution in [3.63, 3.8) is 0 Å². The molecular formula is C21H31N3O3. The van der Waals surface area contributed by atoms with Crippen LogP contribution in [0.3, 0.4) is 0 Å². The fraction of sp³-hybridized carbons (Fsp3) is 0.619. The number of urea groups is 1. The molecule has 3 rings (SSSR count). The van der Waals surface area contributed by atoms with Gasteiger partial charge in [-0.25, -0.2) is 4.79 Å². The van der Waals surface area contributed by atoms with Crippen LogP contribution in [0.15, 0.2) is 24.3 Å². The molecule has 1 aliphatic heterocycles. The molecular weight excluding hydrogens is 342 g/mol. The normalized spacial score (nSPS) is 17.9. The van der Waals surface area contributed by atoms with E-state index < -0.39 is 0 Å². The predicted octanol–water partition coefficient (Wildman–Crippen LogP) is 3.35.